The number of carbonyl (C=O) groups excluding carboxylic acids is 1. The lowest BCUT2D eigenvalue weighted by Crippen LogP contribution is -1.96. The highest BCUT2D eigenvalue weighted by Crippen LogP contribution is 2.02. The summed E-state index contributed by atoms with van der Waals surface area (Å²) in [5, 5.41) is 0. The Labute approximate surface area is 74.5 Å². The van der Waals surface area contributed by atoms with Gasteiger partial charge in [0.05, 0.1) is 0 Å². The van der Waals surface area contributed by atoms with Gasteiger partial charge in [-0.25, -0.2) is 0 Å². The van der Waals surface area contributed by atoms with Crippen molar-refractivity contribution in [3.8, 4) is 24.7 Å². The summed E-state index contributed by atoms with van der Waals surface area (Å²) in [7, 11) is 0. The van der Waals surface area contributed by atoms with E-state index in [9.17, 15) is 4.79 Å². The number of rotatable bonds is 6. The zero-order chi connectivity index (χ0) is 9.23. The molecule has 0 aliphatic heterocycles. The van der Waals surface area contributed by atoms with Gasteiger partial charge < -0.3 is 0 Å². The molecule has 0 bridgehead atoms. The molecule has 0 aliphatic rings. The van der Waals surface area contributed by atoms with E-state index < -0.39 is 0 Å². The van der Waals surface area contributed by atoms with Gasteiger partial charge in [0.2, 0.25) is 0 Å². The van der Waals surface area contributed by atoms with Crippen LogP contribution >= 0.6 is 0 Å². The van der Waals surface area contributed by atoms with E-state index in [2.05, 4.69) is 11.8 Å². The molecule has 0 N–H and O–H groups in total. The van der Waals surface area contributed by atoms with Crippen molar-refractivity contribution in [2.24, 2.45) is 0 Å². The molecule has 0 aromatic heterocycles. The number of unbranched alkanes of at least 4 members (excludes halogenated alkanes) is 2. The minimum atomic E-state index is 0.278. The van der Waals surface area contributed by atoms with Gasteiger partial charge in [-0.2, -0.15) is 0 Å². The fourth-order valence-electron chi connectivity index (χ4n) is 0.900. The van der Waals surface area contributed by atoms with Crippen LogP contribution in [0.4, 0.5) is 0 Å². The van der Waals surface area contributed by atoms with Crippen molar-refractivity contribution >= 4 is 5.78 Å². The van der Waals surface area contributed by atoms with Gasteiger partial charge in [-0.05, 0) is 12.8 Å². The van der Waals surface area contributed by atoms with Gasteiger partial charge in [0, 0.05) is 25.7 Å². The molecule has 0 rings (SSSR count). The molecule has 0 heterocycles. The zero-order valence-electron chi connectivity index (χ0n) is 7.31. The summed E-state index contributed by atoms with van der Waals surface area (Å²) in [6.45, 7) is 0. The molecular formula is C11H14O. The number of Topliss-reactive ketones (excluding diaryl/α,β-unsaturated/α-hetero) is 1. The van der Waals surface area contributed by atoms with Crippen molar-refractivity contribution in [3.05, 3.63) is 0 Å². The fraction of sp³-hybridized carbons (Fsp3) is 0.545. The van der Waals surface area contributed by atoms with Gasteiger partial charge in [-0.3, -0.25) is 4.79 Å². The first-order valence-corrected chi connectivity index (χ1v) is 4.20. The molecule has 0 aromatic carbocycles. The summed E-state index contributed by atoms with van der Waals surface area (Å²) >= 11 is 0. The monoisotopic (exact) mass is 162 g/mol. The first kappa shape index (κ1) is 10.8. The highest BCUT2D eigenvalue weighted by atomic mass is 16.1. The van der Waals surface area contributed by atoms with Crippen LogP contribution in [-0.2, 0) is 4.79 Å². The third-order valence-corrected chi connectivity index (χ3v) is 1.55. The molecule has 0 amide bonds. The van der Waals surface area contributed by atoms with Crippen molar-refractivity contribution in [1.29, 1.82) is 0 Å². The van der Waals surface area contributed by atoms with Crippen molar-refractivity contribution in [1.82, 2.24) is 0 Å². The predicted octanol–water partition coefficient (Wildman–Crippen LogP) is 2.16. The van der Waals surface area contributed by atoms with E-state index in [-0.39, 0.29) is 5.78 Å². The van der Waals surface area contributed by atoms with Gasteiger partial charge in [-0.1, -0.05) is 0 Å². The highest BCUT2D eigenvalue weighted by Gasteiger charge is 1.99. The van der Waals surface area contributed by atoms with E-state index in [1.165, 1.54) is 0 Å². The average molecular weight is 162 g/mol. The second-order valence-corrected chi connectivity index (χ2v) is 2.65. The third-order valence-electron chi connectivity index (χ3n) is 1.55. The Morgan fingerprint density at radius 2 is 1.42 bits per heavy atom. The van der Waals surface area contributed by atoms with E-state index in [4.69, 9.17) is 12.8 Å². The van der Waals surface area contributed by atoms with E-state index in [0.717, 1.165) is 12.8 Å². The molecular weight excluding hydrogens is 148 g/mol. The minimum Gasteiger partial charge on any atom is -0.300 e. The van der Waals surface area contributed by atoms with Crippen LogP contribution in [0.3, 0.4) is 0 Å². The van der Waals surface area contributed by atoms with Crippen molar-refractivity contribution in [2.75, 3.05) is 0 Å². The van der Waals surface area contributed by atoms with Gasteiger partial charge in [0.25, 0.3) is 0 Å². The Bertz CT molecular complexity index is 180. The summed E-state index contributed by atoms with van der Waals surface area (Å²) < 4.78 is 0. The number of carbonyl (C=O) groups is 1. The van der Waals surface area contributed by atoms with Crippen LogP contribution in [0.25, 0.3) is 0 Å². The maximum Gasteiger partial charge on any atom is 0.132 e. The van der Waals surface area contributed by atoms with E-state index in [0.29, 0.717) is 25.7 Å². The predicted molar refractivity (Wildman–Crippen MR) is 50.4 cm³/mol. The third kappa shape index (κ3) is 6.90. The molecule has 0 atom stereocenters. The van der Waals surface area contributed by atoms with Crippen molar-refractivity contribution < 1.29 is 4.79 Å². The molecule has 1 nitrogen and oxygen atoms in total. The summed E-state index contributed by atoms with van der Waals surface area (Å²) in [6, 6.07) is 0. The maximum absolute atomic E-state index is 11.1. The van der Waals surface area contributed by atoms with Crippen molar-refractivity contribution in [2.45, 2.75) is 38.5 Å². The summed E-state index contributed by atoms with van der Waals surface area (Å²) in [5.41, 5.74) is 0. The number of hydrogen-bond donors (Lipinski definition) is 0. The molecule has 0 aliphatic carbocycles. The Hall–Kier alpha value is -1.21. The highest BCUT2D eigenvalue weighted by molar-refractivity contribution is 5.78. The lowest BCUT2D eigenvalue weighted by Gasteiger charge is -1.95. The number of hydrogen-bond acceptors (Lipinski definition) is 1. The molecule has 0 fully saturated rings. The second-order valence-electron chi connectivity index (χ2n) is 2.65. The largest absolute Gasteiger partial charge is 0.300 e. The average Bonchev–Trinajstić information content (AvgIpc) is 2.06. The normalized spacial score (nSPS) is 8.50. The smallest absolute Gasteiger partial charge is 0.132 e. The summed E-state index contributed by atoms with van der Waals surface area (Å²) in [4.78, 5) is 11.1. The topological polar surface area (TPSA) is 17.1 Å². The molecule has 1 heteroatoms. The molecule has 0 spiro atoms. The molecule has 0 saturated carbocycles. The molecule has 0 saturated heterocycles. The Morgan fingerprint density at radius 3 is 1.75 bits per heavy atom. The summed E-state index contributed by atoms with van der Waals surface area (Å²) in [5.74, 6) is 5.29. The van der Waals surface area contributed by atoms with Crippen LogP contribution < -0.4 is 0 Å². The number of ketones is 1. The standard InChI is InChI=1S/C11H14O/c1-3-5-7-9-11(12)10-8-6-4-2/h1-2H,5-10H2. The summed E-state index contributed by atoms with van der Waals surface area (Å²) in [6.07, 6.45) is 14.3. The first-order valence-electron chi connectivity index (χ1n) is 4.20. The Kier molecular flexibility index (Phi) is 7.10. The van der Waals surface area contributed by atoms with Gasteiger partial charge in [-0.15, -0.1) is 24.7 Å². The van der Waals surface area contributed by atoms with Crippen LogP contribution in [-0.4, -0.2) is 5.78 Å². The van der Waals surface area contributed by atoms with Crippen LogP contribution in [0.5, 0.6) is 0 Å². The fourth-order valence-corrected chi connectivity index (χ4v) is 0.900. The van der Waals surface area contributed by atoms with Crippen LogP contribution in [0.2, 0.25) is 0 Å². The van der Waals surface area contributed by atoms with Gasteiger partial charge in [0.1, 0.15) is 5.78 Å². The van der Waals surface area contributed by atoms with E-state index in [1.54, 1.807) is 0 Å². The number of terminal acetylenes is 2. The zero-order valence-corrected chi connectivity index (χ0v) is 7.31. The lowest BCUT2D eigenvalue weighted by atomic mass is 10.1. The second kappa shape index (κ2) is 7.89. The van der Waals surface area contributed by atoms with Crippen LogP contribution in [0.15, 0.2) is 0 Å². The van der Waals surface area contributed by atoms with Crippen LogP contribution in [0.1, 0.15) is 38.5 Å². The Balaban J connectivity index is 3.24. The lowest BCUT2D eigenvalue weighted by molar-refractivity contribution is -0.119. The first-order chi connectivity index (χ1) is 5.81. The van der Waals surface area contributed by atoms with E-state index in [1.807, 2.05) is 0 Å². The quantitative estimate of drug-likeness (QED) is 0.432. The molecule has 0 aromatic rings. The minimum absolute atomic E-state index is 0.278. The SMILES string of the molecule is C#CCCCC(=O)CCCC#C. The van der Waals surface area contributed by atoms with E-state index >= 15 is 0 Å². The molecule has 64 valence electrons. The molecule has 0 radical (unpaired) electrons. The van der Waals surface area contributed by atoms with Gasteiger partial charge >= 0.3 is 0 Å². The van der Waals surface area contributed by atoms with Crippen molar-refractivity contribution in [3.63, 3.8) is 0 Å². The molecule has 12 heavy (non-hydrogen) atoms. The Morgan fingerprint density at radius 1 is 1.00 bits per heavy atom. The van der Waals surface area contributed by atoms with Crippen LogP contribution in [0, 0.1) is 24.7 Å². The maximum atomic E-state index is 11.1. The van der Waals surface area contributed by atoms with Gasteiger partial charge in [0.15, 0.2) is 0 Å². The molecule has 0 unspecified atom stereocenters.